The summed E-state index contributed by atoms with van der Waals surface area (Å²) < 4.78 is 13.6. The molecule has 3 aromatic rings. The number of aromatic nitrogens is 1. The number of rotatable bonds is 6. The number of hydrogen-bond acceptors (Lipinski definition) is 5. The molecule has 0 saturated carbocycles. The predicted octanol–water partition coefficient (Wildman–Crippen LogP) is 3.49. The number of ether oxygens (including phenoxy) is 2. The van der Waals surface area contributed by atoms with Crippen molar-refractivity contribution in [1.82, 2.24) is 9.47 Å². The zero-order chi connectivity index (χ0) is 20.2. The van der Waals surface area contributed by atoms with Gasteiger partial charge in [-0.05, 0) is 36.8 Å². The van der Waals surface area contributed by atoms with Crippen molar-refractivity contribution in [2.45, 2.75) is 13.5 Å². The molecule has 0 bridgehead atoms. The zero-order valence-electron chi connectivity index (χ0n) is 16.7. The van der Waals surface area contributed by atoms with E-state index in [1.54, 1.807) is 0 Å². The smallest absolute Gasteiger partial charge is 0.121 e. The third-order valence-corrected chi connectivity index (χ3v) is 5.43. The summed E-state index contributed by atoms with van der Waals surface area (Å²) in [5.74, 6) is 0.825. The Hall–Kier alpha value is -3.01. The third kappa shape index (κ3) is 3.93. The minimum atomic E-state index is 0.633. The van der Waals surface area contributed by atoms with E-state index in [1.165, 1.54) is 0 Å². The zero-order valence-corrected chi connectivity index (χ0v) is 16.7. The second kappa shape index (κ2) is 8.56. The van der Waals surface area contributed by atoms with Gasteiger partial charge in [0.1, 0.15) is 18.4 Å². The highest BCUT2D eigenvalue weighted by Gasteiger charge is 2.18. The minimum absolute atomic E-state index is 0.633. The number of nitrogens with two attached hydrogens (primary N) is 1. The maximum Gasteiger partial charge on any atom is 0.121 e. The van der Waals surface area contributed by atoms with Crippen LogP contribution in [-0.2, 0) is 11.3 Å². The van der Waals surface area contributed by atoms with Crippen LogP contribution in [0.2, 0.25) is 0 Å². The van der Waals surface area contributed by atoms with Gasteiger partial charge in [0.25, 0.3) is 0 Å². The van der Waals surface area contributed by atoms with Gasteiger partial charge in [0.05, 0.1) is 30.0 Å². The van der Waals surface area contributed by atoms with Gasteiger partial charge in [0.2, 0.25) is 0 Å². The first-order valence-electron chi connectivity index (χ1n) is 10.1. The Morgan fingerprint density at radius 1 is 1.14 bits per heavy atom. The van der Waals surface area contributed by atoms with Gasteiger partial charge in [-0.2, -0.15) is 5.26 Å². The number of fused-ring (bicyclic) bond motifs is 1. The van der Waals surface area contributed by atoms with Gasteiger partial charge >= 0.3 is 0 Å². The first-order valence-corrected chi connectivity index (χ1v) is 10.1. The Bertz CT molecular complexity index is 1030. The van der Waals surface area contributed by atoms with Crippen LogP contribution in [0.5, 0.6) is 5.75 Å². The van der Waals surface area contributed by atoms with Gasteiger partial charge in [-0.1, -0.05) is 12.1 Å². The molecule has 0 unspecified atom stereocenters. The molecule has 1 aliphatic heterocycles. The minimum Gasteiger partial charge on any atom is -0.492 e. The molecule has 2 N–H and O–H groups in total. The summed E-state index contributed by atoms with van der Waals surface area (Å²) in [6.45, 7) is 7.86. The Balaban J connectivity index is 1.63. The lowest BCUT2D eigenvalue weighted by atomic mass is 10.1. The second-order valence-electron chi connectivity index (χ2n) is 7.18. The van der Waals surface area contributed by atoms with Crippen molar-refractivity contribution in [2.75, 3.05) is 45.2 Å². The Kier molecular flexibility index (Phi) is 5.70. The Labute approximate surface area is 171 Å². The van der Waals surface area contributed by atoms with Gasteiger partial charge in [0.15, 0.2) is 0 Å². The number of nitrogen functional groups attached to an aromatic ring is 1. The molecular weight excluding hydrogens is 364 g/mol. The van der Waals surface area contributed by atoms with E-state index in [9.17, 15) is 5.26 Å². The van der Waals surface area contributed by atoms with Crippen LogP contribution in [0.1, 0.15) is 12.5 Å². The standard InChI is InChI=1S/C23H26N4O2/c1-2-27-22-15-19(29-14-11-26-9-12-28-13-10-26)7-8-20(22)21(16-24)23(27)17-3-5-18(25)6-4-17/h3-8,15H,2,9-14,25H2,1H3. The molecule has 1 saturated heterocycles. The first kappa shape index (κ1) is 19.3. The van der Waals surface area contributed by atoms with Crippen LogP contribution >= 0.6 is 0 Å². The number of aryl methyl sites for hydroxylation is 1. The summed E-state index contributed by atoms with van der Waals surface area (Å²) in [7, 11) is 0. The highest BCUT2D eigenvalue weighted by molar-refractivity contribution is 5.95. The van der Waals surface area contributed by atoms with E-state index in [4.69, 9.17) is 15.2 Å². The van der Waals surface area contributed by atoms with Gasteiger partial charge in [-0.3, -0.25) is 4.90 Å². The molecule has 0 atom stereocenters. The maximum atomic E-state index is 9.86. The molecule has 2 aromatic carbocycles. The van der Waals surface area contributed by atoms with Crippen LogP contribution in [0.15, 0.2) is 42.5 Å². The van der Waals surface area contributed by atoms with Crippen LogP contribution < -0.4 is 10.5 Å². The molecule has 1 fully saturated rings. The number of benzene rings is 2. The number of hydrogen-bond donors (Lipinski definition) is 1. The molecule has 1 aliphatic rings. The Morgan fingerprint density at radius 3 is 2.59 bits per heavy atom. The van der Waals surface area contributed by atoms with E-state index in [0.717, 1.165) is 67.3 Å². The Morgan fingerprint density at radius 2 is 1.90 bits per heavy atom. The quantitative estimate of drug-likeness (QED) is 0.652. The third-order valence-electron chi connectivity index (χ3n) is 5.43. The molecular formula is C23H26N4O2. The lowest BCUT2D eigenvalue weighted by Gasteiger charge is -2.26. The van der Waals surface area contributed by atoms with Crippen molar-refractivity contribution >= 4 is 16.6 Å². The summed E-state index contributed by atoms with van der Waals surface area (Å²) in [5, 5.41) is 10.8. The van der Waals surface area contributed by atoms with Crippen LogP contribution in [0, 0.1) is 11.3 Å². The molecule has 1 aromatic heterocycles. The van der Waals surface area contributed by atoms with E-state index in [2.05, 4.69) is 22.5 Å². The maximum absolute atomic E-state index is 9.86. The number of morpholine rings is 1. The van der Waals surface area contributed by atoms with Crippen LogP contribution in [0.4, 0.5) is 5.69 Å². The molecule has 0 spiro atoms. The van der Waals surface area contributed by atoms with Crippen molar-refractivity contribution in [3.05, 3.63) is 48.0 Å². The molecule has 2 heterocycles. The van der Waals surface area contributed by atoms with Crippen molar-refractivity contribution in [3.8, 4) is 23.1 Å². The summed E-state index contributed by atoms with van der Waals surface area (Å²) in [6.07, 6.45) is 0. The summed E-state index contributed by atoms with van der Waals surface area (Å²) in [4.78, 5) is 2.35. The van der Waals surface area contributed by atoms with Gasteiger partial charge < -0.3 is 19.8 Å². The van der Waals surface area contributed by atoms with Crippen molar-refractivity contribution < 1.29 is 9.47 Å². The molecule has 29 heavy (non-hydrogen) atoms. The second-order valence-corrected chi connectivity index (χ2v) is 7.18. The highest BCUT2D eigenvalue weighted by atomic mass is 16.5. The molecule has 0 radical (unpaired) electrons. The molecule has 6 heteroatoms. The van der Waals surface area contributed by atoms with E-state index < -0.39 is 0 Å². The predicted molar refractivity (Wildman–Crippen MR) is 115 cm³/mol. The number of nitrogens with zero attached hydrogens (tertiary/aromatic N) is 3. The average molecular weight is 390 g/mol. The van der Waals surface area contributed by atoms with Gasteiger partial charge in [-0.25, -0.2) is 0 Å². The van der Waals surface area contributed by atoms with Gasteiger partial charge in [-0.15, -0.1) is 0 Å². The first-order chi connectivity index (χ1) is 14.2. The fraction of sp³-hybridized carbons (Fsp3) is 0.348. The van der Waals surface area contributed by atoms with Crippen molar-refractivity contribution in [1.29, 1.82) is 5.26 Å². The normalized spacial score (nSPS) is 14.8. The van der Waals surface area contributed by atoms with E-state index in [0.29, 0.717) is 17.9 Å². The largest absolute Gasteiger partial charge is 0.492 e. The summed E-state index contributed by atoms with van der Waals surface area (Å²) in [5.41, 5.74) is 10.2. The molecule has 0 amide bonds. The SMILES string of the molecule is CCn1c(-c2ccc(N)cc2)c(C#N)c2ccc(OCCN3CCOCC3)cc21. The molecule has 150 valence electrons. The van der Waals surface area contributed by atoms with E-state index in [-0.39, 0.29) is 0 Å². The highest BCUT2D eigenvalue weighted by Crippen LogP contribution is 2.35. The van der Waals surface area contributed by atoms with Gasteiger partial charge in [0, 0.05) is 43.3 Å². The summed E-state index contributed by atoms with van der Waals surface area (Å²) >= 11 is 0. The number of anilines is 1. The van der Waals surface area contributed by atoms with E-state index >= 15 is 0 Å². The fourth-order valence-corrected chi connectivity index (χ4v) is 3.92. The topological polar surface area (TPSA) is 76.4 Å². The van der Waals surface area contributed by atoms with Crippen molar-refractivity contribution in [2.24, 2.45) is 0 Å². The van der Waals surface area contributed by atoms with E-state index in [1.807, 2.05) is 42.5 Å². The molecule has 0 aliphatic carbocycles. The lowest BCUT2D eigenvalue weighted by Crippen LogP contribution is -2.38. The molecule has 6 nitrogen and oxygen atoms in total. The van der Waals surface area contributed by atoms with Crippen molar-refractivity contribution in [3.63, 3.8) is 0 Å². The lowest BCUT2D eigenvalue weighted by molar-refractivity contribution is 0.0322. The monoisotopic (exact) mass is 390 g/mol. The summed E-state index contributed by atoms with van der Waals surface area (Å²) in [6, 6.07) is 16.1. The van der Waals surface area contributed by atoms with Crippen LogP contribution in [-0.4, -0.2) is 48.9 Å². The average Bonchev–Trinajstić information content (AvgIpc) is 3.07. The van der Waals surface area contributed by atoms with Crippen LogP contribution in [0.3, 0.4) is 0 Å². The fourth-order valence-electron chi connectivity index (χ4n) is 3.92. The van der Waals surface area contributed by atoms with Crippen LogP contribution in [0.25, 0.3) is 22.2 Å². The number of nitriles is 1. The molecule has 4 rings (SSSR count).